The van der Waals surface area contributed by atoms with E-state index in [0.717, 1.165) is 35.5 Å². The summed E-state index contributed by atoms with van der Waals surface area (Å²) in [5, 5.41) is 0.771. The lowest BCUT2D eigenvalue weighted by molar-refractivity contribution is 0.166. The van der Waals surface area contributed by atoms with Gasteiger partial charge in [0.05, 0.1) is 0 Å². The van der Waals surface area contributed by atoms with Gasteiger partial charge in [-0.2, -0.15) is 0 Å². The highest BCUT2D eigenvalue weighted by Gasteiger charge is 2.21. The van der Waals surface area contributed by atoms with Gasteiger partial charge >= 0.3 is 0 Å². The van der Waals surface area contributed by atoms with E-state index in [1.54, 1.807) is 0 Å². The molecule has 0 bridgehead atoms. The first-order valence-corrected chi connectivity index (χ1v) is 8.15. The zero-order valence-electron chi connectivity index (χ0n) is 12.7. The Morgan fingerprint density at radius 1 is 1.30 bits per heavy atom. The zero-order chi connectivity index (χ0) is 14.5. The van der Waals surface area contributed by atoms with Crippen molar-refractivity contribution < 1.29 is 0 Å². The van der Waals surface area contributed by atoms with E-state index in [9.17, 15) is 0 Å². The highest BCUT2D eigenvalue weighted by atomic mass is 35.5. The molecule has 1 atom stereocenters. The Labute approximate surface area is 128 Å². The summed E-state index contributed by atoms with van der Waals surface area (Å²) in [7, 11) is 2.24. The van der Waals surface area contributed by atoms with Crippen LogP contribution in [-0.2, 0) is 0 Å². The Kier molecular flexibility index (Phi) is 5.88. The van der Waals surface area contributed by atoms with Gasteiger partial charge in [-0.3, -0.25) is 0 Å². The van der Waals surface area contributed by atoms with E-state index >= 15 is 0 Å². The van der Waals surface area contributed by atoms with Crippen LogP contribution in [0.25, 0.3) is 0 Å². The monoisotopic (exact) mass is 294 g/mol. The second kappa shape index (κ2) is 7.44. The van der Waals surface area contributed by atoms with Crippen molar-refractivity contribution in [2.24, 2.45) is 11.7 Å². The molecule has 1 aliphatic carbocycles. The standard InChI is InChI=1S/C17H27ClN2/c1-13-6-8-16(9-7-13)20(2)11-10-17(19)14-4-3-5-15(18)12-14/h3-5,12-13,16-17H,6-11,19H2,1-2H3. The molecule has 1 saturated carbocycles. The number of hydrogen-bond acceptors (Lipinski definition) is 2. The van der Waals surface area contributed by atoms with Gasteiger partial charge in [-0.05, 0) is 69.3 Å². The average Bonchev–Trinajstić information content (AvgIpc) is 2.45. The molecule has 1 aromatic rings. The third-order valence-electron chi connectivity index (χ3n) is 4.68. The molecule has 0 spiro atoms. The Morgan fingerprint density at radius 2 is 2.00 bits per heavy atom. The molecule has 0 aromatic heterocycles. The molecule has 1 fully saturated rings. The molecule has 0 heterocycles. The van der Waals surface area contributed by atoms with E-state index in [2.05, 4.69) is 24.9 Å². The summed E-state index contributed by atoms with van der Waals surface area (Å²) in [6.07, 6.45) is 6.40. The number of benzene rings is 1. The molecular weight excluding hydrogens is 268 g/mol. The minimum atomic E-state index is 0.0821. The number of rotatable bonds is 5. The summed E-state index contributed by atoms with van der Waals surface area (Å²) in [5.41, 5.74) is 7.42. The van der Waals surface area contributed by atoms with Crippen molar-refractivity contribution in [3.8, 4) is 0 Å². The Morgan fingerprint density at radius 3 is 2.65 bits per heavy atom. The quantitative estimate of drug-likeness (QED) is 0.880. The third-order valence-corrected chi connectivity index (χ3v) is 4.91. The van der Waals surface area contributed by atoms with Gasteiger partial charge < -0.3 is 10.6 Å². The van der Waals surface area contributed by atoms with E-state index in [-0.39, 0.29) is 6.04 Å². The van der Waals surface area contributed by atoms with E-state index in [1.165, 1.54) is 25.7 Å². The minimum absolute atomic E-state index is 0.0821. The maximum Gasteiger partial charge on any atom is 0.0409 e. The number of nitrogens with zero attached hydrogens (tertiary/aromatic N) is 1. The first-order valence-electron chi connectivity index (χ1n) is 7.77. The fourth-order valence-corrected chi connectivity index (χ4v) is 3.31. The van der Waals surface area contributed by atoms with Gasteiger partial charge in [0.25, 0.3) is 0 Å². The SMILES string of the molecule is CC1CCC(N(C)CCC(N)c2cccc(Cl)c2)CC1. The van der Waals surface area contributed by atoms with Crippen molar-refractivity contribution in [3.63, 3.8) is 0 Å². The van der Waals surface area contributed by atoms with Gasteiger partial charge in [0.2, 0.25) is 0 Å². The fraction of sp³-hybridized carbons (Fsp3) is 0.647. The van der Waals surface area contributed by atoms with Crippen molar-refractivity contribution in [2.75, 3.05) is 13.6 Å². The molecule has 2 rings (SSSR count). The molecule has 1 aromatic carbocycles. The molecular formula is C17H27ClN2. The lowest BCUT2D eigenvalue weighted by Gasteiger charge is -2.34. The molecule has 2 N–H and O–H groups in total. The van der Waals surface area contributed by atoms with E-state index in [1.807, 2.05) is 18.2 Å². The van der Waals surface area contributed by atoms with Crippen LogP contribution in [0.5, 0.6) is 0 Å². The highest BCUT2D eigenvalue weighted by Crippen LogP contribution is 2.27. The van der Waals surface area contributed by atoms with Gasteiger partial charge in [-0.15, -0.1) is 0 Å². The average molecular weight is 295 g/mol. The van der Waals surface area contributed by atoms with Crippen LogP contribution >= 0.6 is 11.6 Å². The van der Waals surface area contributed by atoms with Crippen LogP contribution in [0, 0.1) is 5.92 Å². The van der Waals surface area contributed by atoms with Crippen LogP contribution in [0.3, 0.4) is 0 Å². The maximum absolute atomic E-state index is 6.28. The second-order valence-corrected chi connectivity index (χ2v) is 6.78. The summed E-state index contributed by atoms with van der Waals surface area (Å²) in [4.78, 5) is 2.50. The second-order valence-electron chi connectivity index (χ2n) is 6.34. The smallest absolute Gasteiger partial charge is 0.0409 e. The third kappa shape index (κ3) is 4.47. The molecule has 3 heteroatoms. The molecule has 20 heavy (non-hydrogen) atoms. The zero-order valence-corrected chi connectivity index (χ0v) is 13.4. The fourth-order valence-electron chi connectivity index (χ4n) is 3.11. The predicted molar refractivity (Wildman–Crippen MR) is 87.0 cm³/mol. The van der Waals surface area contributed by atoms with Gasteiger partial charge in [0, 0.05) is 17.1 Å². The van der Waals surface area contributed by atoms with Crippen molar-refractivity contribution in [2.45, 2.75) is 51.1 Å². The van der Waals surface area contributed by atoms with Crippen molar-refractivity contribution in [1.82, 2.24) is 4.90 Å². The molecule has 2 nitrogen and oxygen atoms in total. The molecule has 0 radical (unpaired) electrons. The topological polar surface area (TPSA) is 29.3 Å². The molecule has 0 amide bonds. The largest absolute Gasteiger partial charge is 0.324 e. The molecule has 0 saturated heterocycles. The van der Waals surface area contributed by atoms with Crippen LogP contribution in [0.4, 0.5) is 0 Å². The summed E-state index contributed by atoms with van der Waals surface area (Å²) < 4.78 is 0. The van der Waals surface area contributed by atoms with Gasteiger partial charge in [0.1, 0.15) is 0 Å². The van der Waals surface area contributed by atoms with Gasteiger partial charge in [-0.25, -0.2) is 0 Å². The number of nitrogens with two attached hydrogens (primary N) is 1. The molecule has 0 aliphatic heterocycles. The van der Waals surface area contributed by atoms with E-state index < -0.39 is 0 Å². The number of hydrogen-bond donors (Lipinski definition) is 1. The van der Waals surface area contributed by atoms with Crippen LogP contribution in [0.1, 0.15) is 50.6 Å². The van der Waals surface area contributed by atoms with Gasteiger partial charge in [-0.1, -0.05) is 30.7 Å². The van der Waals surface area contributed by atoms with Crippen LogP contribution < -0.4 is 5.73 Å². The summed E-state index contributed by atoms with van der Waals surface area (Å²) >= 11 is 6.02. The van der Waals surface area contributed by atoms with E-state index in [0.29, 0.717) is 0 Å². The van der Waals surface area contributed by atoms with Gasteiger partial charge in [0.15, 0.2) is 0 Å². The van der Waals surface area contributed by atoms with Crippen molar-refractivity contribution in [3.05, 3.63) is 34.9 Å². The first kappa shape index (κ1) is 15.8. The first-order chi connectivity index (χ1) is 9.56. The predicted octanol–water partition coefficient (Wildman–Crippen LogP) is 4.24. The Balaban J connectivity index is 1.79. The van der Waals surface area contributed by atoms with Crippen LogP contribution in [-0.4, -0.2) is 24.5 Å². The summed E-state index contributed by atoms with van der Waals surface area (Å²) in [6.45, 7) is 3.43. The summed E-state index contributed by atoms with van der Waals surface area (Å²) in [6, 6.07) is 8.75. The summed E-state index contributed by atoms with van der Waals surface area (Å²) in [5.74, 6) is 0.911. The van der Waals surface area contributed by atoms with Crippen LogP contribution in [0.2, 0.25) is 5.02 Å². The maximum atomic E-state index is 6.28. The minimum Gasteiger partial charge on any atom is -0.324 e. The number of halogens is 1. The normalized spacial score (nSPS) is 24.9. The van der Waals surface area contributed by atoms with E-state index in [4.69, 9.17) is 17.3 Å². The van der Waals surface area contributed by atoms with Crippen molar-refractivity contribution in [1.29, 1.82) is 0 Å². The highest BCUT2D eigenvalue weighted by molar-refractivity contribution is 6.30. The Hall–Kier alpha value is -0.570. The molecule has 1 unspecified atom stereocenters. The lowest BCUT2D eigenvalue weighted by atomic mass is 9.86. The Bertz CT molecular complexity index is 413. The van der Waals surface area contributed by atoms with Crippen LogP contribution in [0.15, 0.2) is 24.3 Å². The lowest BCUT2D eigenvalue weighted by Crippen LogP contribution is -2.36. The molecule has 1 aliphatic rings. The van der Waals surface area contributed by atoms with Crippen molar-refractivity contribution >= 4 is 11.6 Å². The molecule has 112 valence electrons.